The van der Waals surface area contributed by atoms with E-state index in [0.717, 1.165) is 20.1 Å². The van der Waals surface area contributed by atoms with Crippen LogP contribution in [0.25, 0.3) is 0 Å². The third-order valence-corrected chi connectivity index (χ3v) is 1.61. The Balaban J connectivity index is 0. The van der Waals surface area contributed by atoms with Crippen molar-refractivity contribution in [3.63, 3.8) is 0 Å². The molecule has 6 nitrogen and oxygen atoms in total. The molecule has 0 aromatic carbocycles. The number of nitrogens with two attached hydrogens (primary N) is 1. The van der Waals surface area contributed by atoms with Crippen LogP contribution >= 0.6 is 0 Å². The van der Waals surface area contributed by atoms with Crippen molar-refractivity contribution in [2.45, 2.75) is 19.4 Å². The minimum absolute atomic E-state index is 0.324. The van der Waals surface area contributed by atoms with Gasteiger partial charge in [-0.2, -0.15) is 8.42 Å². The molecule has 0 fully saturated rings. The van der Waals surface area contributed by atoms with Gasteiger partial charge < -0.3 is 10.5 Å². The highest BCUT2D eigenvalue weighted by Gasteiger charge is 1.94. The first kappa shape index (κ1) is 15.3. The van der Waals surface area contributed by atoms with Crippen molar-refractivity contribution in [1.29, 1.82) is 0 Å². The molecule has 0 bridgehead atoms. The molecule has 0 radical (unpaired) electrons. The zero-order valence-corrected chi connectivity index (χ0v) is 8.87. The van der Waals surface area contributed by atoms with Gasteiger partial charge in [0.05, 0.1) is 13.2 Å². The SMILES string of the molecule is COC(C)CCN.COS(=O)(=O)O. The molecule has 0 heterocycles. The van der Waals surface area contributed by atoms with Crippen LogP contribution in [0.15, 0.2) is 0 Å². The van der Waals surface area contributed by atoms with Gasteiger partial charge in [-0.05, 0) is 19.9 Å². The highest BCUT2D eigenvalue weighted by Crippen LogP contribution is 1.89. The summed E-state index contributed by atoms with van der Waals surface area (Å²) in [6, 6.07) is 0. The van der Waals surface area contributed by atoms with Gasteiger partial charge in [0.2, 0.25) is 0 Å². The fraction of sp³-hybridized carbons (Fsp3) is 1.00. The fourth-order valence-corrected chi connectivity index (χ4v) is 0.353. The maximum atomic E-state index is 9.33. The molecule has 0 spiro atoms. The first-order chi connectivity index (χ1) is 5.87. The summed E-state index contributed by atoms with van der Waals surface area (Å²) in [7, 11) is -1.60. The summed E-state index contributed by atoms with van der Waals surface area (Å²) in [5, 5.41) is 0. The Morgan fingerprint density at radius 1 is 1.46 bits per heavy atom. The molecule has 1 atom stereocenters. The van der Waals surface area contributed by atoms with Crippen molar-refractivity contribution in [1.82, 2.24) is 0 Å². The molecule has 3 N–H and O–H groups in total. The summed E-state index contributed by atoms with van der Waals surface area (Å²) in [4.78, 5) is 0. The Morgan fingerprint density at radius 3 is 1.92 bits per heavy atom. The number of methoxy groups -OCH3 is 1. The van der Waals surface area contributed by atoms with Crippen LogP contribution in [0.3, 0.4) is 0 Å². The first-order valence-electron chi connectivity index (χ1n) is 3.63. The van der Waals surface area contributed by atoms with Gasteiger partial charge >= 0.3 is 10.4 Å². The summed E-state index contributed by atoms with van der Waals surface area (Å²) >= 11 is 0. The van der Waals surface area contributed by atoms with Gasteiger partial charge in [0.1, 0.15) is 0 Å². The summed E-state index contributed by atoms with van der Waals surface area (Å²) < 4.78 is 34.6. The van der Waals surface area contributed by atoms with E-state index in [1.54, 1.807) is 7.11 Å². The summed E-state index contributed by atoms with van der Waals surface area (Å²) in [6.45, 7) is 2.72. The molecule has 1 unspecified atom stereocenters. The molecule has 0 saturated carbocycles. The predicted molar refractivity (Wildman–Crippen MR) is 48.7 cm³/mol. The molecule has 0 aliphatic rings. The Labute approximate surface area is 79.0 Å². The standard InChI is InChI=1S/C5H13NO.CH4O4S/c1-5(7-2)3-4-6;1-5-6(2,3)4/h5H,3-4,6H2,1-2H3;1H3,(H,2,3,4). The van der Waals surface area contributed by atoms with Gasteiger partial charge in [0.15, 0.2) is 0 Å². The van der Waals surface area contributed by atoms with Crippen molar-refractivity contribution < 1.29 is 21.9 Å². The smallest absolute Gasteiger partial charge is 0.382 e. The summed E-state index contributed by atoms with van der Waals surface area (Å²) in [5.74, 6) is 0. The van der Waals surface area contributed by atoms with Gasteiger partial charge in [-0.1, -0.05) is 0 Å². The van der Waals surface area contributed by atoms with E-state index in [1.807, 2.05) is 6.92 Å². The zero-order chi connectivity index (χ0) is 10.9. The van der Waals surface area contributed by atoms with Crippen LogP contribution in [0.5, 0.6) is 0 Å². The molecule has 0 aliphatic carbocycles. The van der Waals surface area contributed by atoms with E-state index in [0.29, 0.717) is 6.10 Å². The number of hydrogen-bond donors (Lipinski definition) is 2. The van der Waals surface area contributed by atoms with Crippen molar-refractivity contribution in [2.75, 3.05) is 20.8 Å². The normalized spacial score (nSPS) is 13.0. The number of rotatable bonds is 4. The average Bonchev–Trinajstić information content (AvgIpc) is 2.05. The Morgan fingerprint density at radius 2 is 1.85 bits per heavy atom. The minimum atomic E-state index is -4.16. The lowest BCUT2D eigenvalue weighted by Crippen LogP contribution is -2.11. The van der Waals surface area contributed by atoms with Crippen LogP contribution in [0.1, 0.15) is 13.3 Å². The molecule has 0 aromatic heterocycles. The van der Waals surface area contributed by atoms with Gasteiger partial charge in [0, 0.05) is 7.11 Å². The van der Waals surface area contributed by atoms with Gasteiger partial charge in [0.25, 0.3) is 0 Å². The maximum absolute atomic E-state index is 9.33. The third kappa shape index (κ3) is 18.6. The van der Waals surface area contributed by atoms with Crippen LogP contribution in [-0.4, -0.2) is 39.8 Å². The lowest BCUT2D eigenvalue weighted by molar-refractivity contribution is 0.113. The molecular weight excluding hydrogens is 198 g/mol. The van der Waals surface area contributed by atoms with E-state index in [4.69, 9.17) is 15.0 Å². The van der Waals surface area contributed by atoms with Gasteiger partial charge in [-0.3, -0.25) is 8.74 Å². The van der Waals surface area contributed by atoms with E-state index >= 15 is 0 Å². The quantitative estimate of drug-likeness (QED) is 0.630. The third-order valence-electron chi connectivity index (χ3n) is 1.19. The van der Waals surface area contributed by atoms with E-state index in [1.165, 1.54) is 0 Å². The molecule has 0 aliphatic heterocycles. The van der Waals surface area contributed by atoms with Gasteiger partial charge in [-0.25, -0.2) is 0 Å². The van der Waals surface area contributed by atoms with Crippen molar-refractivity contribution in [3.05, 3.63) is 0 Å². The Kier molecular flexibility index (Phi) is 9.86. The summed E-state index contributed by atoms with van der Waals surface area (Å²) in [5.41, 5.74) is 5.22. The predicted octanol–water partition coefficient (Wildman–Crippen LogP) is -0.194. The zero-order valence-electron chi connectivity index (χ0n) is 8.06. The lowest BCUT2D eigenvalue weighted by atomic mass is 10.3. The summed E-state index contributed by atoms with van der Waals surface area (Å²) in [6.07, 6.45) is 1.28. The molecule has 0 aromatic rings. The van der Waals surface area contributed by atoms with Crippen molar-refractivity contribution in [3.8, 4) is 0 Å². The molecule has 0 amide bonds. The Hall–Kier alpha value is -0.210. The molecule has 0 saturated heterocycles. The van der Waals surface area contributed by atoms with E-state index in [-0.39, 0.29) is 0 Å². The lowest BCUT2D eigenvalue weighted by Gasteiger charge is -2.04. The maximum Gasteiger partial charge on any atom is 0.397 e. The second-order valence-electron chi connectivity index (χ2n) is 2.22. The van der Waals surface area contributed by atoms with E-state index < -0.39 is 10.4 Å². The van der Waals surface area contributed by atoms with Crippen LogP contribution in [0, 0.1) is 0 Å². The van der Waals surface area contributed by atoms with Crippen LogP contribution in [0.4, 0.5) is 0 Å². The van der Waals surface area contributed by atoms with E-state index in [2.05, 4.69) is 4.18 Å². The molecule has 7 heteroatoms. The van der Waals surface area contributed by atoms with Crippen molar-refractivity contribution >= 4 is 10.4 Å². The second-order valence-corrected chi connectivity index (χ2v) is 3.41. The largest absolute Gasteiger partial charge is 0.397 e. The monoisotopic (exact) mass is 215 g/mol. The molecule has 13 heavy (non-hydrogen) atoms. The number of ether oxygens (including phenoxy) is 1. The number of hydrogen-bond acceptors (Lipinski definition) is 5. The Bertz CT molecular complexity index is 191. The van der Waals surface area contributed by atoms with Crippen LogP contribution in [0.2, 0.25) is 0 Å². The van der Waals surface area contributed by atoms with E-state index in [9.17, 15) is 8.42 Å². The highest BCUT2D eigenvalue weighted by molar-refractivity contribution is 7.80. The molecule has 82 valence electrons. The van der Waals surface area contributed by atoms with Crippen LogP contribution < -0.4 is 5.73 Å². The minimum Gasteiger partial charge on any atom is -0.382 e. The highest BCUT2D eigenvalue weighted by atomic mass is 32.3. The fourth-order valence-electron chi connectivity index (χ4n) is 0.353. The first-order valence-corrected chi connectivity index (χ1v) is 4.99. The second kappa shape index (κ2) is 8.39. The van der Waals surface area contributed by atoms with Crippen LogP contribution in [-0.2, 0) is 19.3 Å². The topological polar surface area (TPSA) is 98.9 Å². The molecular formula is C6H17NO5S. The molecule has 0 rings (SSSR count). The van der Waals surface area contributed by atoms with Gasteiger partial charge in [-0.15, -0.1) is 0 Å². The van der Waals surface area contributed by atoms with Crippen molar-refractivity contribution in [2.24, 2.45) is 5.73 Å². The average molecular weight is 215 g/mol.